The number of aromatic nitrogens is 5. The van der Waals surface area contributed by atoms with Crippen molar-refractivity contribution >= 4 is 0 Å². The zero-order chi connectivity index (χ0) is 12.4. The van der Waals surface area contributed by atoms with Crippen molar-refractivity contribution in [1.82, 2.24) is 29.9 Å². The highest BCUT2D eigenvalue weighted by atomic mass is 15.3. The first-order valence-corrected chi connectivity index (χ1v) is 5.64. The molecule has 0 aromatic carbocycles. The lowest BCUT2D eigenvalue weighted by Gasteiger charge is -2.12. The lowest BCUT2D eigenvalue weighted by atomic mass is 10.2. The smallest absolute Gasteiger partial charge is 0.149 e. The average molecular weight is 234 g/mol. The molecule has 0 radical (unpaired) electrons. The van der Waals surface area contributed by atoms with Crippen molar-refractivity contribution in [1.29, 1.82) is 0 Å². The zero-order valence-corrected chi connectivity index (χ0v) is 10.7. The molecule has 0 spiro atoms. The number of hydrogen-bond donors (Lipinski definition) is 1. The van der Waals surface area contributed by atoms with Gasteiger partial charge in [0.1, 0.15) is 12.2 Å². The first kappa shape index (κ1) is 11.8. The zero-order valence-electron chi connectivity index (χ0n) is 10.7. The van der Waals surface area contributed by atoms with E-state index in [1.54, 1.807) is 6.33 Å². The van der Waals surface area contributed by atoms with Gasteiger partial charge in [0.15, 0.2) is 0 Å². The highest BCUT2D eigenvalue weighted by molar-refractivity contribution is 5.15. The Morgan fingerprint density at radius 1 is 1.41 bits per heavy atom. The second-order valence-electron chi connectivity index (χ2n) is 4.28. The van der Waals surface area contributed by atoms with Gasteiger partial charge in [0.25, 0.3) is 0 Å². The Hall–Kier alpha value is -1.69. The van der Waals surface area contributed by atoms with Gasteiger partial charge in [-0.2, -0.15) is 5.10 Å². The first-order valence-electron chi connectivity index (χ1n) is 5.64. The van der Waals surface area contributed by atoms with Crippen LogP contribution in [-0.2, 0) is 20.6 Å². The SMILES string of the molecule is Cc1c(CNC(C)c2nncn2C)cnn1C. The van der Waals surface area contributed by atoms with E-state index < -0.39 is 0 Å². The van der Waals surface area contributed by atoms with Crippen LogP contribution in [0.1, 0.15) is 30.0 Å². The molecule has 1 atom stereocenters. The Morgan fingerprint density at radius 3 is 2.71 bits per heavy atom. The molecule has 0 saturated heterocycles. The Morgan fingerprint density at radius 2 is 2.18 bits per heavy atom. The molecule has 6 nitrogen and oxygen atoms in total. The van der Waals surface area contributed by atoms with Crippen molar-refractivity contribution in [3.8, 4) is 0 Å². The highest BCUT2D eigenvalue weighted by Crippen LogP contribution is 2.10. The topological polar surface area (TPSA) is 60.6 Å². The normalized spacial score (nSPS) is 12.9. The summed E-state index contributed by atoms with van der Waals surface area (Å²) in [5.74, 6) is 0.937. The lowest BCUT2D eigenvalue weighted by Crippen LogP contribution is -2.21. The quantitative estimate of drug-likeness (QED) is 0.846. The van der Waals surface area contributed by atoms with Crippen molar-refractivity contribution < 1.29 is 0 Å². The predicted molar refractivity (Wildman–Crippen MR) is 64.2 cm³/mol. The Balaban J connectivity index is 1.99. The van der Waals surface area contributed by atoms with E-state index in [0.717, 1.165) is 12.4 Å². The van der Waals surface area contributed by atoms with E-state index in [0.29, 0.717) is 0 Å². The van der Waals surface area contributed by atoms with Crippen LogP contribution in [0.25, 0.3) is 0 Å². The summed E-state index contributed by atoms with van der Waals surface area (Å²) in [6, 6.07) is 0.169. The van der Waals surface area contributed by atoms with E-state index in [4.69, 9.17) is 0 Å². The molecule has 0 aliphatic carbocycles. The van der Waals surface area contributed by atoms with Crippen LogP contribution in [0.3, 0.4) is 0 Å². The number of nitrogens with one attached hydrogen (secondary N) is 1. The van der Waals surface area contributed by atoms with E-state index in [-0.39, 0.29) is 6.04 Å². The molecule has 2 rings (SSSR count). The van der Waals surface area contributed by atoms with E-state index in [9.17, 15) is 0 Å². The van der Waals surface area contributed by atoms with E-state index in [1.165, 1.54) is 11.3 Å². The minimum atomic E-state index is 0.169. The summed E-state index contributed by atoms with van der Waals surface area (Å²) in [6.45, 7) is 4.93. The molecule has 0 saturated carbocycles. The third-order valence-corrected chi connectivity index (χ3v) is 3.07. The fourth-order valence-electron chi connectivity index (χ4n) is 1.76. The van der Waals surface area contributed by atoms with Crippen LogP contribution in [0.5, 0.6) is 0 Å². The second kappa shape index (κ2) is 4.67. The van der Waals surface area contributed by atoms with Crippen molar-refractivity contribution in [2.45, 2.75) is 26.4 Å². The lowest BCUT2D eigenvalue weighted by molar-refractivity contribution is 0.527. The number of rotatable bonds is 4. The third kappa shape index (κ3) is 2.36. The van der Waals surface area contributed by atoms with Crippen molar-refractivity contribution in [2.75, 3.05) is 0 Å². The maximum Gasteiger partial charge on any atom is 0.149 e. The largest absolute Gasteiger partial charge is 0.319 e. The average Bonchev–Trinajstić information content (AvgIpc) is 2.85. The molecular weight excluding hydrogens is 216 g/mol. The van der Waals surface area contributed by atoms with Crippen LogP contribution < -0.4 is 5.32 Å². The molecular formula is C11H18N6. The van der Waals surface area contributed by atoms with E-state index >= 15 is 0 Å². The Labute approximate surface area is 101 Å². The highest BCUT2D eigenvalue weighted by Gasteiger charge is 2.11. The summed E-state index contributed by atoms with van der Waals surface area (Å²) in [7, 11) is 3.90. The molecule has 0 aliphatic heterocycles. The molecule has 17 heavy (non-hydrogen) atoms. The van der Waals surface area contributed by atoms with Gasteiger partial charge < -0.3 is 9.88 Å². The fourth-order valence-corrected chi connectivity index (χ4v) is 1.76. The third-order valence-electron chi connectivity index (χ3n) is 3.07. The molecule has 0 bridgehead atoms. The van der Waals surface area contributed by atoms with Gasteiger partial charge >= 0.3 is 0 Å². The van der Waals surface area contributed by atoms with E-state index in [2.05, 4.69) is 34.5 Å². The van der Waals surface area contributed by atoms with Crippen LogP contribution in [0.15, 0.2) is 12.5 Å². The molecule has 0 aliphatic rings. The van der Waals surface area contributed by atoms with Gasteiger partial charge in [-0.25, -0.2) is 0 Å². The maximum absolute atomic E-state index is 4.22. The molecule has 0 fully saturated rings. The molecule has 2 heterocycles. The molecule has 6 heteroatoms. The van der Waals surface area contributed by atoms with Crippen molar-refractivity contribution in [3.05, 3.63) is 29.6 Å². The monoisotopic (exact) mass is 234 g/mol. The minimum Gasteiger partial charge on any atom is -0.319 e. The molecule has 92 valence electrons. The second-order valence-corrected chi connectivity index (χ2v) is 4.28. The van der Waals surface area contributed by atoms with E-state index in [1.807, 2.05) is 29.5 Å². The number of nitrogens with zero attached hydrogens (tertiary/aromatic N) is 5. The Kier molecular flexibility index (Phi) is 3.23. The molecule has 0 amide bonds. The van der Waals surface area contributed by atoms with Gasteiger partial charge in [-0.15, -0.1) is 10.2 Å². The van der Waals surface area contributed by atoms with Gasteiger partial charge in [-0.3, -0.25) is 4.68 Å². The standard InChI is InChI=1S/C11H18N6/c1-8(11-15-13-7-16(11)3)12-5-10-6-14-17(4)9(10)2/h6-8,12H,5H2,1-4H3. The molecule has 1 unspecified atom stereocenters. The summed E-state index contributed by atoms with van der Waals surface area (Å²) in [6.07, 6.45) is 3.61. The Bertz CT molecular complexity index is 498. The van der Waals surface area contributed by atoms with Crippen LogP contribution in [0.4, 0.5) is 0 Å². The summed E-state index contributed by atoms with van der Waals surface area (Å²) in [5, 5.41) is 15.6. The molecule has 2 aromatic heterocycles. The first-order chi connectivity index (χ1) is 8.09. The minimum absolute atomic E-state index is 0.169. The van der Waals surface area contributed by atoms with Crippen LogP contribution in [0.2, 0.25) is 0 Å². The summed E-state index contributed by atoms with van der Waals surface area (Å²) < 4.78 is 3.80. The summed E-state index contributed by atoms with van der Waals surface area (Å²) in [4.78, 5) is 0. The van der Waals surface area contributed by atoms with Crippen LogP contribution in [0, 0.1) is 6.92 Å². The van der Waals surface area contributed by atoms with Gasteiger partial charge in [0, 0.05) is 31.9 Å². The number of aryl methyl sites for hydroxylation is 2. The van der Waals surface area contributed by atoms with Gasteiger partial charge in [-0.05, 0) is 13.8 Å². The molecule has 1 N–H and O–H groups in total. The van der Waals surface area contributed by atoms with Crippen molar-refractivity contribution in [3.63, 3.8) is 0 Å². The summed E-state index contributed by atoms with van der Waals surface area (Å²) in [5.41, 5.74) is 2.39. The fraction of sp³-hybridized carbons (Fsp3) is 0.545. The van der Waals surface area contributed by atoms with Gasteiger partial charge in [-0.1, -0.05) is 0 Å². The number of hydrogen-bond acceptors (Lipinski definition) is 4. The molecule has 2 aromatic rings. The van der Waals surface area contributed by atoms with Gasteiger partial charge in [0.2, 0.25) is 0 Å². The van der Waals surface area contributed by atoms with Crippen LogP contribution >= 0.6 is 0 Å². The predicted octanol–water partition coefficient (Wildman–Crippen LogP) is 0.708. The maximum atomic E-state index is 4.22. The van der Waals surface area contributed by atoms with Crippen molar-refractivity contribution in [2.24, 2.45) is 14.1 Å². The van der Waals surface area contributed by atoms with Gasteiger partial charge in [0.05, 0.1) is 12.2 Å². The summed E-state index contributed by atoms with van der Waals surface area (Å²) >= 11 is 0. The van der Waals surface area contributed by atoms with Crippen LogP contribution in [-0.4, -0.2) is 24.5 Å².